The van der Waals surface area contributed by atoms with Gasteiger partial charge in [0.2, 0.25) is 0 Å². The van der Waals surface area contributed by atoms with Gasteiger partial charge in [-0.3, -0.25) is 4.90 Å². The number of rotatable bonds is 8. The molecule has 0 rings (SSSR count). The van der Waals surface area contributed by atoms with Gasteiger partial charge in [0, 0.05) is 13.1 Å². The molecule has 17 heavy (non-hydrogen) atoms. The lowest BCUT2D eigenvalue weighted by molar-refractivity contribution is -0.208. The molecule has 104 valence electrons. The highest BCUT2D eigenvalue weighted by atomic mass is 19.4. The summed E-state index contributed by atoms with van der Waals surface area (Å²) < 4.78 is 36.6. The van der Waals surface area contributed by atoms with Crippen molar-refractivity contribution in [2.24, 2.45) is 0 Å². The Morgan fingerprint density at radius 1 is 1.24 bits per heavy atom. The van der Waals surface area contributed by atoms with Gasteiger partial charge in [0.25, 0.3) is 0 Å². The topological polar surface area (TPSA) is 55.7 Å². The van der Waals surface area contributed by atoms with Crippen LogP contribution in [0.1, 0.15) is 13.3 Å². The molecular weight excluding hydrogens is 237 g/mol. The zero-order chi connectivity index (χ0) is 13.5. The molecule has 0 saturated heterocycles. The molecule has 0 saturated carbocycles. The van der Waals surface area contributed by atoms with Crippen molar-refractivity contribution in [1.29, 1.82) is 0 Å². The van der Waals surface area contributed by atoms with Gasteiger partial charge in [0.15, 0.2) is 6.10 Å². The molecular formula is C10H21F3N2O2. The van der Waals surface area contributed by atoms with Crippen LogP contribution in [-0.4, -0.2) is 66.7 Å². The standard InChI is InChI=1S/C10H21F3N2O2/c1-8(16)6-15(5-3-4-14-2)7-9(17)10(11,12)13/h8-9,14,16-17H,3-7H2,1-2H3. The molecule has 0 fully saturated rings. The van der Waals surface area contributed by atoms with E-state index in [-0.39, 0.29) is 6.54 Å². The molecule has 0 heterocycles. The number of aliphatic hydroxyl groups excluding tert-OH is 2. The van der Waals surface area contributed by atoms with Crippen molar-refractivity contribution in [3.05, 3.63) is 0 Å². The number of aliphatic hydroxyl groups is 2. The Morgan fingerprint density at radius 2 is 1.82 bits per heavy atom. The van der Waals surface area contributed by atoms with Crippen LogP contribution in [-0.2, 0) is 0 Å². The van der Waals surface area contributed by atoms with Gasteiger partial charge >= 0.3 is 6.18 Å². The van der Waals surface area contributed by atoms with Crippen LogP contribution in [0.2, 0.25) is 0 Å². The molecule has 2 unspecified atom stereocenters. The lowest BCUT2D eigenvalue weighted by Gasteiger charge is -2.27. The molecule has 7 heteroatoms. The zero-order valence-electron chi connectivity index (χ0n) is 10.2. The van der Waals surface area contributed by atoms with Gasteiger partial charge in [0.05, 0.1) is 6.10 Å². The molecule has 0 bridgehead atoms. The lowest BCUT2D eigenvalue weighted by atomic mass is 10.2. The zero-order valence-corrected chi connectivity index (χ0v) is 10.2. The molecule has 0 radical (unpaired) electrons. The van der Waals surface area contributed by atoms with Crippen LogP contribution in [0, 0.1) is 0 Å². The molecule has 2 atom stereocenters. The van der Waals surface area contributed by atoms with Crippen molar-refractivity contribution < 1.29 is 23.4 Å². The average Bonchev–Trinajstić information content (AvgIpc) is 2.15. The third-order valence-electron chi connectivity index (χ3n) is 2.23. The largest absolute Gasteiger partial charge is 0.415 e. The summed E-state index contributed by atoms with van der Waals surface area (Å²) in [6, 6.07) is 0. The minimum Gasteiger partial charge on any atom is -0.392 e. The van der Waals surface area contributed by atoms with Crippen LogP contribution in [0.5, 0.6) is 0 Å². The van der Waals surface area contributed by atoms with E-state index in [0.29, 0.717) is 19.5 Å². The summed E-state index contributed by atoms with van der Waals surface area (Å²) in [7, 11) is 1.75. The number of nitrogens with one attached hydrogen (secondary N) is 1. The summed E-state index contributed by atoms with van der Waals surface area (Å²) in [5, 5.41) is 21.0. The maximum absolute atomic E-state index is 12.2. The molecule has 4 nitrogen and oxygen atoms in total. The van der Waals surface area contributed by atoms with Crippen molar-refractivity contribution in [3.63, 3.8) is 0 Å². The number of halogens is 3. The predicted molar refractivity (Wildman–Crippen MR) is 58.7 cm³/mol. The summed E-state index contributed by atoms with van der Waals surface area (Å²) in [4.78, 5) is 1.42. The monoisotopic (exact) mass is 258 g/mol. The van der Waals surface area contributed by atoms with Gasteiger partial charge in [-0.1, -0.05) is 0 Å². The molecule has 0 amide bonds. The van der Waals surface area contributed by atoms with Crippen LogP contribution < -0.4 is 5.32 Å². The van der Waals surface area contributed by atoms with Crippen molar-refractivity contribution in [3.8, 4) is 0 Å². The lowest BCUT2D eigenvalue weighted by Crippen LogP contribution is -2.44. The predicted octanol–water partition coefficient (Wildman–Crippen LogP) is 0.202. The normalized spacial score (nSPS) is 16.2. The van der Waals surface area contributed by atoms with E-state index in [4.69, 9.17) is 5.11 Å². The van der Waals surface area contributed by atoms with E-state index in [1.54, 1.807) is 7.05 Å². The van der Waals surface area contributed by atoms with Crippen LogP contribution in [0.3, 0.4) is 0 Å². The summed E-state index contributed by atoms with van der Waals surface area (Å²) in [6.45, 7) is 2.21. The third-order valence-corrected chi connectivity index (χ3v) is 2.23. The Hall–Kier alpha value is -0.370. The van der Waals surface area contributed by atoms with Crippen molar-refractivity contribution in [2.45, 2.75) is 31.7 Å². The van der Waals surface area contributed by atoms with E-state index in [9.17, 15) is 18.3 Å². The van der Waals surface area contributed by atoms with Crippen molar-refractivity contribution in [1.82, 2.24) is 10.2 Å². The molecule has 0 aliphatic heterocycles. The molecule has 0 aromatic rings. The van der Waals surface area contributed by atoms with Crippen molar-refractivity contribution in [2.75, 3.05) is 33.2 Å². The maximum Gasteiger partial charge on any atom is 0.415 e. The van der Waals surface area contributed by atoms with Gasteiger partial charge in [-0.25, -0.2) is 0 Å². The Morgan fingerprint density at radius 3 is 2.24 bits per heavy atom. The summed E-state index contributed by atoms with van der Waals surface area (Å²) in [5.74, 6) is 0. The molecule has 0 aliphatic rings. The fraction of sp³-hybridized carbons (Fsp3) is 1.00. The van der Waals surface area contributed by atoms with Crippen LogP contribution >= 0.6 is 0 Å². The van der Waals surface area contributed by atoms with Gasteiger partial charge in [0.1, 0.15) is 0 Å². The average molecular weight is 258 g/mol. The number of alkyl halides is 3. The van der Waals surface area contributed by atoms with Crippen LogP contribution in [0.15, 0.2) is 0 Å². The summed E-state index contributed by atoms with van der Waals surface area (Å²) >= 11 is 0. The Bertz CT molecular complexity index is 200. The molecule has 0 spiro atoms. The summed E-state index contributed by atoms with van der Waals surface area (Å²) in [6.07, 6.45) is -7.03. The van der Waals surface area contributed by atoms with Crippen molar-refractivity contribution >= 4 is 0 Å². The van der Waals surface area contributed by atoms with Crippen LogP contribution in [0.4, 0.5) is 13.2 Å². The highest BCUT2D eigenvalue weighted by Crippen LogP contribution is 2.20. The second kappa shape index (κ2) is 7.86. The first kappa shape index (κ1) is 16.6. The Labute approximate surface area is 99.4 Å². The Balaban J connectivity index is 4.17. The first-order chi connectivity index (χ1) is 7.77. The molecule has 0 aliphatic carbocycles. The van der Waals surface area contributed by atoms with E-state index in [2.05, 4.69) is 5.32 Å². The molecule has 0 aromatic heterocycles. The SMILES string of the molecule is CNCCCN(CC(C)O)CC(O)C(F)(F)F. The number of nitrogens with zero attached hydrogens (tertiary/aromatic N) is 1. The highest BCUT2D eigenvalue weighted by molar-refractivity contribution is 4.72. The van der Waals surface area contributed by atoms with E-state index in [1.807, 2.05) is 0 Å². The first-order valence-electron chi connectivity index (χ1n) is 5.57. The second-order valence-corrected chi connectivity index (χ2v) is 4.12. The first-order valence-corrected chi connectivity index (χ1v) is 5.57. The maximum atomic E-state index is 12.2. The van der Waals surface area contributed by atoms with Gasteiger partial charge < -0.3 is 15.5 Å². The smallest absolute Gasteiger partial charge is 0.392 e. The van der Waals surface area contributed by atoms with Gasteiger partial charge in [-0.2, -0.15) is 13.2 Å². The van der Waals surface area contributed by atoms with E-state index in [0.717, 1.165) is 0 Å². The Kier molecular flexibility index (Phi) is 7.69. The number of hydrogen-bond donors (Lipinski definition) is 3. The van der Waals surface area contributed by atoms with Gasteiger partial charge in [-0.05, 0) is 33.5 Å². The second-order valence-electron chi connectivity index (χ2n) is 4.12. The highest BCUT2D eigenvalue weighted by Gasteiger charge is 2.39. The van der Waals surface area contributed by atoms with E-state index in [1.165, 1.54) is 11.8 Å². The third kappa shape index (κ3) is 8.37. The van der Waals surface area contributed by atoms with Crippen LogP contribution in [0.25, 0.3) is 0 Å². The fourth-order valence-electron chi connectivity index (χ4n) is 1.46. The minimum absolute atomic E-state index is 0.122. The summed E-state index contributed by atoms with van der Waals surface area (Å²) in [5.41, 5.74) is 0. The fourth-order valence-corrected chi connectivity index (χ4v) is 1.46. The van der Waals surface area contributed by atoms with Gasteiger partial charge in [-0.15, -0.1) is 0 Å². The minimum atomic E-state index is -4.61. The molecule has 3 N–H and O–H groups in total. The molecule has 0 aromatic carbocycles. The quantitative estimate of drug-likeness (QED) is 0.545. The van der Waals surface area contributed by atoms with E-state index >= 15 is 0 Å². The number of hydrogen-bond acceptors (Lipinski definition) is 4. The van der Waals surface area contributed by atoms with E-state index < -0.39 is 24.9 Å².